The summed E-state index contributed by atoms with van der Waals surface area (Å²) in [6, 6.07) is 5.42. The van der Waals surface area contributed by atoms with E-state index in [1.54, 1.807) is 49.3 Å². The number of aromatic nitrogens is 8. The van der Waals surface area contributed by atoms with Crippen molar-refractivity contribution in [2.75, 3.05) is 13.2 Å². The van der Waals surface area contributed by atoms with Crippen molar-refractivity contribution in [3.8, 4) is 0 Å². The number of carbonyl (C=O) groups excluding carboxylic acids is 4. The quantitative estimate of drug-likeness (QED) is 0.0666. The van der Waals surface area contributed by atoms with Crippen LogP contribution in [0.2, 0.25) is 0 Å². The average molecular weight is 888 g/mol. The summed E-state index contributed by atoms with van der Waals surface area (Å²) in [4.78, 5) is 72.5. The van der Waals surface area contributed by atoms with E-state index in [9.17, 15) is 24.0 Å². The second-order valence-electron chi connectivity index (χ2n) is 18.1. The number of hydrogen-bond donors (Lipinski definition) is 7. The van der Waals surface area contributed by atoms with E-state index in [0.717, 1.165) is 30.4 Å². The third kappa shape index (κ3) is 21.0. The molecular weight excluding hydrogens is 811 g/mol. The van der Waals surface area contributed by atoms with Crippen LogP contribution in [0.1, 0.15) is 166 Å². The number of allylic oxidation sites excluding steroid dienone is 1. The molecule has 64 heavy (non-hydrogen) atoms. The molecule has 7 N–H and O–H groups in total. The molecular formula is C49H77N9O6. The summed E-state index contributed by atoms with van der Waals surface area (Å²) in [5.41, 5.74) is 5.74. The van der Waals surface area contributed by atoms with Crippen LogP contribution in [-0.2, 0) is 14.3 Å². The van der Waals surface area contributed by atoms with Crippen molar-refractivity contribution in [2.24, 2.45) is 29.1 Å². The molecule has 15 nitrogen and oxygen atoms in total. The maximum atomic E-state index is 11.2. The van der Waals surface area contributed by atoms with E-state index in [4.69, 9.17) is 4.74 Å². The molecule has 0 aliphatic carbocycles. The number of rotatable bonds is 10. The number of Topliss-reactive ketones (excluding diaryl/α,β-unsaturated/α-hetero) is 3. The summed E-state index contributed by atoms with van der Waals surface area (Å²) in [5, 5.41) is 9.09. The SMILES string of the molecule is CC(C)C(=O)C1=CCC(=O)N1.CC(C)C(=O)c1cc[nH]c1.CC(C)C(=O)c1ccc[nH]1.CC(C)C1(C)COC1.CC(C)c1c[nH]c(=O)[nH]1.CC(C)c1cn[nH]c1.CC(C)c1cnc[nH]1. The van der Waals surface area contributed by atoms with Gasteiger partial charge in [-0.15, -0.1) is 0 Å². The van der Waals surface area contributed by atoms with Gasteiger partial charge >= 0.3 is 5.69 Å². The molecule has 2 aliphatic rings. The predicted octanol–water partition coefficient (Wildman–Crippen LogP) is 9.89. The fraction of sp³-hybridized carbons (Fsp3) is 0.531. The minimum atomic E-state index is -0.126. The molecule has 0 atom stereocenters. The lowest BCUT2D eigenvalue weighted by Crippen LogP contribution is -2.43. The van der Waals surface area contributed by atoms with Crippen LogP contribution in [0.15, 0.2) is 84.5 Å². The molecule has 0 bridgehead atoms. The Balaban J connectivity index is 0.000000374. The molecule has 1 saturated heterocycles. The lowest BCUT2D eigenvalue weighted by Gasteiger charge is -2.41. The molecule has 1 fully saturated rings. The molecule has 2 aliphatic heterocycles. The van der Waals surface area contributed by atoms with Crippen LogP contribution >= 0.6 is 0 Å². The second kappa shape index (κ2) is 28.8. The summed E-state index contributed by atoms with van der Waals surface area (Å²) in [6.45, 7) is 32.5. The van der Waals surface area contributed by atoms with E-state index >= 15 is 0 Å². The van der Waals surface area contributed by atoms with Crippen molar-refractivity contribution in [1.82, 2.24) is 45.4 Å². The zero-order valence-corrected chi connectivity index (χ0v) is 40.9. The van der Waals surface area contributed by atoms with Gasteiger partial charge in [-0.1, -0.05) is 104 Å². The number of nitrogens with zero attached hydrogens (tertiary/aromatic N) is 2. The minimum Gasteiger partial charge on any atom is -0.380 e. The van der Waals surface area contributed by atoms with Gasteiger partial charge in [0.15, 0.2) is 17.3 Å². The highest BCUT2D eigenvalue weighted by Crippen LogP contribution is 2.34. The van der Waals surface area contributed by atoms with Gasteiger partial charge in [0.05, 0.1) is 37.1 Å². The largest absolute Gasteiger partial charge is 0.380 e. The summed E-state index contributed by atoms with van der Waals surface area (Å²) in [7, 11) is 0. The van der Waals surface area contributed by atoms with E-state index in [-0.39, 0.29) is 46.7 Å². The Labute approximate surface area is 380 Å². The monoisotopic (exact) mass is 888 g/mol. The molecule has 0 unspecified atom stereocenters. The third-order valence-corrected chi connectivity index (χ3v) is 10.2. The minimum absolute atomic E-state index is 0.0100. The van der Waals surface area contributed by atoms with Gasteiger partial charge in [0.1, 0.15) is 0 Å². The van der Waals surface area contributed by atoms with E-state index < -0.39 is 0 Å². The molecule has 15 heteroatoms. The lowest BCUT2D eigenvalue weighted by molar-refractivity contribution is -0.126. The number of carbonyl (C=O) groups is 4. The fourth-order valence-electron chi connectivity index (χ4n) is 5.10. The predicted molar refractivity (Wildman–Crippen MR) is 255 cm³/mol. The Morgan fingerprint density at radius 1 is 0.688 bits per heavy atom. The second-order valence-corrected chi connectivity index (χ2v) is 18.1. The van der Waals surface area contributed by atoms with E-state index in [0.29, 0.717) is 41.0 Å². The first kappa shape index (κ1) is 56.2. The molecule has 5 aromatic heterocycles. The van der Waals surface area contributed by atoms with Gasteiger partial charge in [0.25, 0.3) is 0 Å². The number of amides is 1. The van der Waals surface area contributed by atoms with Gasteiger partial charge in [0.2, 0.25) is 5.91 Å². The molecule has 0 saturated carbocycles. The number of nitrogens with one attached hydrogen (secondary N) is 7. The van der Waals surface area contributed by atoms with Gasteiger partial charge in [-0.3, -0.25) is 24.3 Å². The molecule has 354 valence electrons. The van der Waals surface area contributed by atoms with Gasteiger partial charge in [-0.05, 0) is 53.5 Å². The number of ether oxygens (including phenoxy) is 1. The summed E-state index contributed by atoms with van der Waals surface area (Å²) in [6.07, 6.45) is 16.3. The number of ketones is 3. The standard InChI is InChI=1S/C8H11NO2.2C8H11NO.C7H14O.C6H10N2O.2C6H10N2/c1-5(2)8(11)6-3-4-7(10)9-6;1-6(2)8(10)7-3-4-9-5-7;1-6(2)8(10)7-4-3-5-9-7;1-6(2)7(3)4-8-5-7;1-4(2)5-3-7-6(9)8-5;1-5(2)6-3-7-4-8-6;1-5(2)6-3-7-8-4-6/h3,5H,4H2,1-2H3,(H,9,10);2*3-6,9H,1-2H3;6H,4-5H2,1-3H3;3-4H,1-2H3,(H2,7,8,9);2*3-5H,1-2H3,(H,7,8). The fourth-order valence-corrected chi connectivity index (χ4v) is 5.10. The highest BCUT2D eigenvalue weighted by atomic mass is 16.5. The summed E-state index contributed by atoms with van der Waals surface area (Å²) < 4.78 is 5.10. The first-order valence-electron chi connectivity index (χ1n) is 22.2. The van der Waals surface area contributed by atoms with Crippen molar-refractivity contribution < 1.29 is 23.9 Å². The molecule has 0 spiro atoms. The van der Waals surface area contributed by atoms with Gasteiger partial charge in [0, 0.05) is 83.7 Å². The topological polar surface area (TPSA) is 227 Å². The summed E-state index contributed by atoms with van der Waals surface area (Å²) in [5.74, 6) is 2.75. The van der Waals surface area contributed by atoms with E-state index in [1.165, 1.54) is 11.3 Å². The van der Waals surface area contributed by atoms with Crippen LogP contribution < -0.4 is 11.0 Å². The van der Waals surface area contributed by atoms with Crippen molar-refractivity contribution >= 4 is 23.3 Å². The molecule has 5 aromatic rings. The van der Waals surface area contributed by atoms with Crippen LogP contribution in [-0.4, -0.2) is 76.6 Å². The van der Waals surface area contributed by atoms with Crippen molar-refractivity contribution in [2.45, 2.75) is 128 Å². The highest BCUT2D eigenvalue weighted by molar-refractivity contribution is 6.03. The van der Waals surface area contributed by atoms with Gasteiger partial charge in [-0.25, -0.2) is 9.78 Å². The normalized spacial score (nSPS) is 13.3. The molecule has 1 amide bonds. The van der Waals surface area contributed by atoms with Crippen LogP contribution in [0.3, 0.4) is 0 Å². The zero-order chi connectivity index (χ0) is 48.6. The Morgan fingerprint density at radius 3 is 1.59 bits per heavy atom. The molecule has 0 aromatic carbocycles. The van der Waals surface area contributed by atoms with Crippen LogP contribution in [0.5, 0.6) is 0 Å². The number of imidazole rings is 2. The van der Waals surface area contributed by atoms with Gasteiger partial charge < -0.3 is 35.0 Å². The maximum Gasteiger partial charge on any atom is 0.323 e. The van der Waals surface area contributed by atoms with E-state index in [2.05, 4.69) is 93.9 Å². The lowest BCUT2D eigenvalue weighted by atomic mass is 9.78. The Kier molecular flexibility index (Phi) is 25.3. The molecule has 0 radical (unpaired) electrons. The number of H-pyrrole nitrogens is 6. The van der Waals surface area contributed by atoms with Crippen molar-refractivity contribution in [3.63, 3.8) is 0 Å². The first-order valence-corrected chi connectivity index (χ1v) is 22.2. The van der Waals surface area contributed by atoms with Crippen LogP contribution in [0, 0.1) is 29.1 Å². The van der Waals surface area contributed by atoms with Crippen molar-refractivity contribution in [1.29, 1.82) is 0 Å². The maximum absolute atomic E-state index is 11.2. The van der Waals surface area contributed by atoms with Crippen molar-refractivity contribution in [3.05, 3.63) is 118 Å². The third-order valence-electron chi connectivity index (χ3n) is 10.2. The van der Waals surface area contributed by atoms with E-state index in [1.807, 2.05) is 80.0 Å². The molecule has 7 heterocycles. The highest BCUT2D eigenvalue weighted by Gasteiger charge is 2.36. The first-order chi connectivity index (χ1) is 30.0. The van der Waals surface area contributed by atoms with Crippen LogP contribution in [0.25, 0.3) is 0 Å². The zero-order valence-electron chi connectivity index (χ0n) is 40.9. The van der Waals surface area contributed by atoms with Crippen LogP contribution in [0.4, 0.5) is 0 Å². The number of hydrogen-bond acceptors (Lipinski definition) is 8. The Bertz CT molecular complexity index is 2010. The molecule has 7 rings (SSSR count). The smallest absolute Gasteiger partial charge is 0.323 e. The number of aromatic amines is 6. The Hall–Kier alpha value is -5.83. The average Bonchev–Trinajstić information content (AvgIpc) is 4.09. The Morgan fingerprint density at radius 2 is 1.31 bits per heavy atom. The van der Waals surface area contributed by atoms with Gasteiger partial charge in [-0.2, -0.15) is 5.10 Å². The summed E-state index contributed by atoms with van der Waals surface area (Å²) >= 11 is 0.